The van der Waals surface area contributed by atoms with Crippen molar-refractivity contribution in [1.82, 2.24) is 0 Å². The van der Waals surface area contributed by atoms with E-state index in [1.54, 1.807) is 18.2 Å². The SMILES string of the molecule is CCCOc1ccc(/C(=C/c2ccc(O)c(Cl)c2)C(=O)O)c(C)c1. The number of aromatic hydroxyl groups is 1. The minimum atomic E-state index is -1.04. The Bertz CT molecular complexity index is 781. The van der Waals surface area contributed by atoms with E-state index in [1.807, 2.05) is 19.9 Å². The largest absolute Gasteiger partial charge is 0.506 e. The van der Waals surface area contributed by atoms with E-state index in [0.717, 1.165) is 17.7 Å². The summed E-state index contributed by atoms with van der Waals surface area (Å²) in [5, 5.41) is 19.2. The summed E-state index contributed by atoms with van der Waals surface area (Å²) in [4.78, 5) is 11.7. The van der Waals surface area contributed by atoms with Gasteiger partial charge in [-0.2, -0.15) is 0 Å². The highest BCUT2D eigenvalue weighted by atomic mass is 35.5. The summed E-state index contributed by atoms with van der Waals surface area (Å²) >= 11 is 5.88. The zero-order valence-electron chi connectivity index (χ0n) is 13.5. The van der Waals surface area contributed by atoms with Gasteiger partial charge in [0.15, 0.2) is 0 Å². The highest BCUT2D eigenvalue weighted by molar-refractivity contribution is 6.32. The predicted octanol–water partition coefficient (Wildman–Crippen LogP) is 4.77. The zero-order valence-corrected chi connectivity index (χ0v) is 14.3. The molecule has 0 saturated heterocycles. The van der Waals surface area contributed by atoms with E-state index in [1.165, 1.54) is 18.2 Å². The van der Waals surface area contributed by atoms with E-state index in [2.05, 4.69) is 0 Å². The van der Waals surface area contributed by atoms with Gasteiger partial charge < -0.3 is 14.9 Å². The van der Waals surface area contributed by atoms with Crippen molar-refractivity contribution in [3.05, 3.63) is 58.1 Å². The fourth-order valence-electron chi connectivity index (χ4n) is 2.28. The molecule has 126 valence electrons. The standard InChI is InChI=1S/C19H19ClO4/c1-3-8-24-14-5-6-15(12(2)9-14)16(19(22)23)10-13-4-7-18(21)17(20)11-13/h4-7,9-11,21H,3,8H2,1-2H3,(H,22,23)/b16-10-. The Morgan fingerprint density at radius 2 is 2.00 bits per heavy atom. The minimum Gasteiger partial charge on any atom is -0.506 e. The Hall–Kier alpha value is -2.46. The zero-order chi connectivity index (χ0) is 17.7. The van der Waals surface area contributed by atoms with Crippen LogP contribution in [-0.4, -0.2) is 22.8 Å². The maximum Gasteiger partial charge on any atom is 0.336 e. The summed E-state index contributed by atoms with van der Waals surface area (Å²) in [6.07, 6.45) is 2.44. The van der Waals surface area contributed by atoms with Crippen LogP contribution in [0.15, 0.2) is 36.4 Å². The number of carbonyl (C=O) groups is 1. The van der Waals surface area contributed by atoms with Gasteiger partial charge >= 0.3 is 5.97 Å². The summed E-state index contributed by atoms with van der Waals surface area (Å²) in [5.74, 6) is -0.362. The molecule has 0 radical (unpaired) electrons. The Balaban J connectivity index is 2.42. The van der Waals surface area contributed by atoms with E-state index < -0.39 is 5.97 Å². The molecule has 2 aromatic rings. The molecule has 0 spiro atoms. The van der Waals surface area contributed by atoms with Crippen LogP contribution in [0.4, 0.5) is 0 Å². The lowest BCUT2D eigenvalue weighted by Gasteiger charge is -2.11. The number of rotatable bonds is 6. The van der Waals surface area contributed by atoms with Gasteiger partial charge in [0.05, 0.1) is 17.2 Å². The Kier molecular flexibility index (Phi) is 5.88. The number of carboxylic acids is 1. The summed E-state index contributed by atoms with van der Waals surface area (Å²) in [5.41, 5.74) is 2.16. The van der Waals surface area contributed by atoms with Crippen LogP contribution in [0.5, 0.6) is 11.5 Å². The van der Waals surface area contributed by atoms with E-state index >= 15 is 0 Å². The van der Waals surface area contributed by atoms with Crippen molar-refractivity contribution < 1.29 is 19.7 Å². The molecule has 0 aromatic heterocycles. The van der Waals surface area contributed by atoms with Crippen LogP contribution in [0.25, 0.3) is 11.6 Å². The van der Waals surface area contributed by atoms with Crippen LogP contribution in [0.1, 0.15) is 30.0 Å². The lowest BCUT2D eigenvalue weighted by molar-refractivity contribution is -0.130. The molecule has 0 unspecified atom stereocenters. The van der Waals surface area contributed by atoms with E-state index in [4.69, 9.17) is 16.3 Å². The number of hydrogen-bond acceptors (Lipinski definition) is 3. The molecule has 2 aromatic carbocycles. The molecule has 0 aliphatic heterocycles. The van der Waals surface area contributed by atoms with E-state index in [-0.39, 0.29) is 16.3 Å². The summed E-state index contributed by atoms with van der Waals surface area (Å²) in [7, 11) is 0. The molecule has 0 aliphatic rings. The molecule has 0 fully saturated rings. The van der Waals surface area contributed by atoms with Gasteiger partial charge in [0.1, 0.15) is 11.5 Å². The first kappa shape index (κ1) is 17.9. The van der Waals surface area contributed by atoms with Crippen LogP contribution in [0, 0.1) is 6.92 Å². The second-order valence-electron chi connectivity index (χ2n) is 5.40. The summed E-state index contributed by atoms with van der Waals surface area (Å²) < 4.78 is 5.57. The third-order valence-electron chi connectivity index (χ3n) is 3.47. The molecule has 4 nitrogen and oxygen atoms in total. The number of ether oxygens (including phenoxy) is 1. The summed E-state index contributed by atoms with van der Waals surface area (Å²) in [6.45, 7) is 4.48. The molecule has 0 heterocycles. The van der Waals surface area contributed by atoms with E-state index in [9.17, 15) is 15.0 Å². The molecule has 0 aliphatic carbocycles. The lowest BCUT2D eigenvalue weighted by Crippen LogP contribution is -2.02. The van der Waals surface area contributed by atoms with Crippen LogP contribution in [0.3, 0.4) is 0 Å². The predicted molar refractivity (Wildman–Crippen MR) is 95.6 cm³/mol. The number of halogens is 1. The third kappa shape index (κ3) is 4.30. The van der Waals surface area contributed by atoms with Gasteiger partial charge in [0.25, 0.3) is 0 Å². The molecule has 0 saturated carbocycles. The van der Waals surface area contributed by atoms with Gasteiger partial charge in [-0.1, -0.05) is 30.7 Å². The van der Waals surface area contributed by atoms with Crippen molar-refractivity contribution in [1.29, 1.82) is 0 Å². The molecule has 2 rings (SSSR count). The number of phenols is 1. The molecular weight excluding hydrogens is 328 g/mol. The fraction of sp³-hybridized carbons (Fsp3) is 0.211. The Morgan fingerprint density at radius 3 is 2.58 bits per heavy atom. The smallest absolute Gasteiger partial charge is 0.336 e. The normalized spacial score (nSPS) is 11.4. The summed E-state index contributed by atoms with van der Waals surface area (Å²) in [6, 6.07) is 9.89. The molecule has 0 amide bonds. The highest BCUT2D eigenvalue weighted by Crippen LogP contribution is 2.28. The lowest BCUT2D eigenvalue weighted by atomic mass is 9.98. The van der Waals surface area contributed by atoms with Crippen molar-refractivity contribution >= 4 is 29.2 Å². The van der Waals surface area contributed by atoms with Crippen LogP contribution in [-0.2, 0) is 4.79 Å². The number of benzene rings is 2. The van der Waals surface area contributed by atoms with Gasteiger partial charge in [-0.25, -0.2) is 4.79 Å². The van der Waals surface area contributed by atoms with Gasteiger partial charge in [0.2, 0.25) is 0 Å². The average Bonchev–Trinajstić information content (AvgIpc) is 2.54. The third-order valence-corrected chi connectivity index (χ3v) is 3.78. The highest BCUT2D eigenvalue weighted by Gasteiger charge is 2.14. The van der Waals surface area contributed by atoms with Gasteiger partial charge in [-0.15, -0.1) is 0 Å². The van der Waals surface area contributed by atoms with Crippen molar-refractivity contribution in [2.45, 2.75) is 20.3 Å². The maximum absolute atomic E-state index is 11.7. The molecule has 2 N–H and O–H groups in total. The second kappa shape index (κ2) is 7.88. The first-order valence-electron chi connectivity index (χ1n) is 7.59. The van der Waals surface area contributed by atoms with Crippen molar-refractivity contribution in [3.8, 4) is 11.5 Å². The minimum absolute atomic E-state index is 0.0423. The monoisotopic (exact) mass is 346 g/mol. The van der Waals surface area contributed by atoms with Gasteiger partial charge in [-0.05, 0) is 60.4 Å². The van der Waals surface area contributed by atoms with Crippen molar-refractivity contribution in [2.75, 3.05) is 6.61 Å². The Morgan fingerprint density at radius 1 is 1.25 bits per heavy atom. The first-order valence-corrected chi connectivity index (χ1v) is 7.97. The molecule has 0 bridgehead atoms. The quantitative estimate of drug-likeness (QED) is 0.584. The topological polar surface area (TPSA) is 66.8 Å². The number of phenolic OH excluding ortho intramolecular Hbond substituents is 1. The van der Waals surface area contributed by atoms with Gasteiger partial charge in [0, 0.05) is 0 Å². The van der Waals surface area contributed by atoms with Crippen molar-refractivity contribution in [3.63, 3.8) is 0 Å². The van der Waals surface area contributed by atoms with E-state index in [0.29, 0.717) is 17.7 Å². The molecule has 5 heteroatoms. The number of carboxylic acid groups (broad SMARTS) is 1. The van der Waals surface area contributed by atoms with Crippen LogP contribution >= 0.6 is 11.6 Å². The van der Waals surface area contributed by atoms with Crippen LogP contribution < -0.4 is 4.74 Å². The number of aryl methyl sites for hydroxylation is 1. The second-order valence-corrected chi connectivity index (χ2v) is 5.81. The maximum atomic E-state index is 11.7. The Labute approximate surface area is 146 Å². The average molecular weight is 347 g/mol. The fourth-order valence-corrected chi connectivity index (χ4v) is 2.47. The van der Waals surface area contributed by atoms with Crippen molar-refractivity contribution in [2.24, 2.45) is 0 Å². The van der Waals surface area contributed by atoms with Crippen LogP contribution in [0.2, 0.25) is 5.02 Å². The number of hydrogen-bond donors (Lipinski definition) is 2. The number of aliphatic carboxylic acids is 1. The molecule has 0 atom stereocenters. The van der Waals surface area contributed by atoms with Gasteiger partial charge in [-0.3, -0.25) is 0 Å². The molecular formula is C19H19ClO4. The first-order chi connectivity index (χ1) is 11.4. The molecule has 24 heavy (non-hydrogen) atoms.